The van der Waals surface area contributed by atoms with Gasteiger partial charge in [-0.2, -0.15) is 5.26 Å². The van der Waals surface area contributed by atoms with Crippen LogP contribution in [0.25, 0.3) is 5.70 Å². The van der Waals surface area contributed by atoms with Crippen molar-refractivity contribution < 1.29 is 0 Å². The highest BCUT2D eigenvalue weighted by Crippen LogP contribution is 2.35. The molecule has 0 aliphatic heterocycles. The standard InChI is InChI=1S/C19H25N3/c1-14(2)17(19(3,4)5)8-7-9-18(21-6)15-10-11-16(12-20)22-13-15/h9-11,13,17H,1,6-8H2,2-5H3/b18-9-/t17-/m1/s1. The zero-order chi connectivity index (χ0) is 16.8. The Kier molecular flexibility index (Phi) is 6.24. The third-order valence-electron chi connectivity index (χ3n) is 3.78. The molecule has 0 spiro atoms. The van der Waals surface area contributed by atoms with Crippen LogP contribution in [0.4, 0.5) is 0 Å². The van der Waals surface area contributed by atoms with E-state index >= 15 is 0 Å². The number of hydrogen-bond acceptors (Lipinski definition) is 3. The first kappa shape index (κ1) is 17.8. The summed E-state index contributed by atoms with van der Waals surface area (Å²) in [5.74, 6) is 0.467. The molecule has 0 bridgehead atoms. The van der Waals surface area contributed by atoms with E-state index in [0.717, 1.165) is 24.1 Å². The lowest BCUT2D eigenvalue weighted by Gasteiger charge is -2.31. The maximum Gasteiger partial charge on any atom is 0.140 e. The fraction of sp³-hybridized carbons (Fsp3) is 0.421. The minimum absolute atomic E-state index is 0.206. The summed E-state index contributed by atoms with van der Waals surface area (Å²) < 4.78 is 0. The first-order chi connectivity index (χ1) is 10.3. The third-order valence-corrected chi connectivity index (χ3v) is 3.78. The van der Waals surface area contributed by atoms with E-state index < -0.39 is 0 Å². The number of rotatable bonds is 6. The SMILES string of the molecule is C=N/C(=C\CC[C@H](C(=C)C)C(C)(C)C)c1ccc(C#N)nc1. The van der Waals surface area contributed by atoms with Crippen molar-refractivity contribution in [1.82, 2.24) is 4.98 Å². The molecule has 1 heterocycles. The summed E-state index contributed by atoms with van der Waals surface area (Å²) in [6, 6.07) is 5.56. The molecule has 22 heavy (non-hydrogen) atoms. The van der Waals surface area contributed by atoms with Gasteiger partial charge < -0.3 is 0 Å². The van der Waals surface area contributed by atoms with Crippen LogP contribution in [0, 0.1) is 22.7 Å². The van der Waals surface area contributed by atoms with E-state index in [2.05, 4.69) is 57.0 Å². The lowest BCUT2D eigenvalue weighted by atomic mass is 9.74. The maximum atomic E-state index is 8.78. The number of hydrogen-bond donors (Lipinski definition) is 0. The summed E-state index contributed by atoms with van der Waals surface area (Å²) in [4.78, 5) is 8.16. The number of nitrogens with zero attached hydrogens (tertiary/aromatic N) is 3. The summed E-state index contributed by atoms with van der Waals surface area (Å²) in [5, 5.41) is 8.78. The molecule has 0 unspecified atom stereocenters. The van der Waals surface area contributed by atoms with E-state index in [1.165, 1.54) is 5.57 Å². The first-order valence-corrected chi connectivity index (χ1v) is 7.48. The number of allylic oxidation sites excluding steroid dienone is 2. The lowest BCUT2D eigenvalue weighted by Crippen LogP contribution is -2.21. The van der Waals surface area contributed by atoms with Gasteiger partial charge in [-0.1, -0.05) is 39.0 Å². The number of pyridine rings is 1. The average molecular weight is 295 g/mol. The van der Waals surface area contributed by atoms with Crippen LogP contribution in [-0.2, 0) is 0 Å². The van der Waals surface area contributed by atoms with Crippen molar-refractivity contribution in [1.29, 1.82) is 5.26 Å². The number of aliphatic imine (C=N–C) groups is 1. The highest BCUT2D eigenvalue weighted by molar-refractivity contribution is 5.67. The van der Waals surface area contributed by atoms with E-state index in [-0.39, 0.29) is 5.41 Å². The average Bonchev–Trinajstić information content (AvgIpc) is 2.46. The molecule has 0 saturated carbocycles. The van der Waals surface area contributed by atoms with Crippen LogP contribution in [0.1, 0.15) is 51.8 Å². The van der Waals surface area contributed by atoms with E-state index in [1.54, 1.807) is 12.3 Å². The van der Waals surface area contributed by atoms with Crippen molar-refractivity contribution in [3.8, 4) is 6.07 Å². The van der Waals surface area contributed by atoms with Gasteiger partial charge in [-0.25, -0.2) is 4.98 Å². The summed E-state index contributed by atoms with van der Waals surface area (Å²) in [6.07, 6.45) is 5.68. The van der Waals surface area contributed by atoms with Crippen molar-refractivity contribution in [3.63, 3.8) is 0 Å². The molecule has 116 valence electrons. The summed E-state index contributed by atoms with van der Waals surface area (Å²) >= 11 is 0. The lowest BCUT2D eigenvalue weighted by molar-refractivity contribution is 0.266. The summed E-state index contributed by atoms with van der Waals surface area (Å²) in [7, 11) is 0. The van der Waals surface area contributed by atoms with E-state index in [0.29, 0.717) is 11.6 Å². The fourth-order valence-electron chi connectivity index (χ4n) is 2.69. The molecule has 0 saturated heterocycles. The summed E-state index contributed by atoms with van der Waals surface area (Å²) in [5.41, 5.74) is 3.52. The molecule has 1 aromatic rings. The molecule has 0 N–H and O–H groups in total. The molecule has 3 nitrogen and oxygen atoms in total. The molecular weight excluding hydrogens is 270 g/mol. The van der Waals surface area contributed by atoms with Crippen molar-refractivity contribution in [3.05, 3.63) is 47.8 Å². The molecule has 0 aliphatic rings. The highest BCUT2D eigenvalue weighted by Gasteiger charge is 2.24. The van der Waals surface area contributed by atoms with Gasteiger partial charge >= 0.3 is 0 Å². The van der Waals surface area contributed by atoms with Gasteiger partial charge in [0.2, 0.25) is 0 Å². The Balaban J connectivity index is 2.83. The third kappa shape index (κ3) is 4.96. The van der Waals surface area contributed by atoms with Gasteiger partial charge in [-0.3, -0.25) is 4.99 Å². The van der Waals surface area contributed by atoms with Crippen LogP contribution in [0.5, 0.6) is 0 Å². The molecule has 1 atom stereocenters. The van der Waals surface area contributed by atoms with Crippen LogP contribution in [0.15, 0.2) is 41.6 Å². The van der Waals surface area contributed by atoms with E-state index in [1.807, 2.05) is 12.1 Å². The minimum Gasteiger partial charge on any atom is -0.264 e. The molecule has 0 aromatic carbocycles. The highest BCUT2D eigenvalue weighted by atomic mass is 14.7. The molecule has 0 radical (unpaired) electrons. The van der Waals surface area contributed by atoms with Gasteiger partial charge in [0, 0.05) is 11.8 Å². The summed E-state index contributed by atoms with van der Waals surface area (Å²) in [6.45, 7) is 16.6. The Morgan fingerprint density at radius 1 is 1.45 bits per heavy atom. The van der Waals surface area contributed by atoms with Crippen LogP contribution in [0.2, 0.25) is 0 Å². The molecule has 0 aliphatic carbocycles. The Morgan fingerprint density at radius 3 is 2.55 bits per heavy atom. The van der Waals surface area contributed by atoms with E-state index in [9.17, 15) is 0 Å². The largest absolute Gasteiger partial charge is 0.264 e. The van der Waals surface area contributed by atoms with Crippen LogP contribution in [0.3, 0.4) is 0 Å². The molecule has 0 fully saturated rings. The molecule has 3 heteroatoms. The fourth-order valence-corrected chi connectivity index (χ4v) is 2.69. The predicted octanol–water partition coefficient (Wildman–Crippen LogP) is 5.01. The quantitative estimate of drug-likeness (QED) is 0.547. The van der Waals surface area contributed by atoms with Gasteiger partial charge in [-0.05, 0) is 49.9 Å². The van der Waals surface area contributed by atoms with Gasteiger partial charge in [0.15, 0.2) is 0 Å². The zero-order valence-corrected chi connectivity index (χ0v) is 14.1. The Morgan fingerprint density at radius 2 is 2.14 bits per heavy atom. The maximum absolute atomic E-state index is 8.78. The van der Waals surface area contributed by atoms with Gasteiger partial charge in [0.05, 0.1) is 5.70 Å². The molecular formula is C19H25N3. The Hall–Kier alpha value is -2.21. The Labute approximate surface area is 134 Å². The minimum atomic E-state index is 0.206. The molecule has 0 amide bonds. The molecule has 1 aromatic heterocycles. The van der Waals surface area contributed by atoms with Crippen molar-refractivity contribution in [2.75, 3.05) is 0 Å². The van der Waals surface area contributed by atoms with Crippen molar-refractivity contribution in [2.24, 2.45) is 16.3 Å². The van der Waals surface area contributed by atoms with Crippen molar-refractivity contribution in [2.45, 2.75) is 40.5 Å². The number of aromatic nitrogens is 1. The normalized spacial score (nSPS) is 13.3. The van der Waals surface area contributed by atoms with Gasteiger partial charge in [0.1, 0.15) is 11.8 Å². The topological polar surface area (TPSA) is 49.0 Å². The second-order valence-electron chi connectivity index (χ2n) is 6.63. The monoisotopic (exact) mass is 295 g/mol. The first-order valence-electron chi connectivity index (χ1n) is 7.48. The smallest absolute Gasteiger partial charge is 0.140 e. The second kappa shape index (κ2) is 7.70. The molecule has 1 rings (SSSR count). The van der Waals surface area contributed by atoms with Crippen LogP contribution >= 0.6 is 0 Å². The van der Waals surface area contributed by atoms with Crippen LogP contribution < -0.4 is 0 Å². The second-order valence-corrected chi connectivity index (χ2v) is 6.63. The van der Waals surface area contributed by atoms with E-state index in [4.69, 9.17) is 5.26 Å². The predicted molar refractivity (Wildman–Crippen MR) is 93.5 cm³/mol. The number of nitriles is 1. The van der Waals surface area contributed by atoms with Crippen LogP contribution in [-0.4, -0.2) is 11.7 Å². The zero-order valence-electron chi connectivity index (χ0n) is 14.1. The van der Waals surface area contributed by atoms with Gasteiger partial charge in [0.25, 0.3) is 0 Å². The van der Waals surface area contributed by atoms with Crippen molar-refractivity contribution >= 4 is 12.4 Å². The Bertz CT molecular complexity index is 595. The van der Waals surface area contributed by atoms with Gasteiger partial charge in [-0.15, -0.1) is 0 Å².